The van der Waals surface area contributed by atoms with E-state index in [4.69, 9.17) is 11.3 Å². The molecule has 0 radical (unpaired) electrons. The zero-order valence-corrected chi connectivity index (χ0v) is 23.6. The van der Waals surface area contributed by atoms with Crippen molar-refractivity contribution in [2.45, 2.75) is 25.9 Å². The van der Waals surface area contributed by atoms with Crippen LogP contribution in [0.15, 0.2) is 138 Å². The van der Waals surface area contributed by atoms with Gasteiger partial charge in [0.05, 0.1) is 18.3 Å². The molecule has 0 saturated carbocycles. The first-order chi connectivity index (χ1) is 20.4. The molecule has 1 aliphatic rings. The van der Waals surface area contributed by atoms with Gasteiger partial charge < -0.3 is 9.64 Å². The Kier molecular flexibility index (Phi) is 7.05. The highest BCUT2D eigenvalue weighted by atomic mass is 16.5. The zero-order valence-electron chi connectivity index (χ0n) is 23.6. The van der Waals surface area contributed by atoms with E-state index in [2.05, 4.69) is 119 Å². The predicted octanol–water partition coefficient (Wildman–Crippen LogP) is 10.3. The smallest absolute Gasteiger partial charge is 0.265 e. The molecule has 0 spiro atoms. The molecule has 0 fully saturated rings. The lowest BCUT2D eigenvalue weighted by molar-refractivity contribution is 0.0356. The van der Waals surface area contributed by atoms with Gasteiger partial charge in [0.25, 0.3) is 5.70 Å². The van der Waals surface area contributed by atoms with Crippen molar-refractivity contribution in [1.82, 2.24) is 0 Å². The Labute approximate surface area is 246 Å². The fraction of sp³-hybridized carbons (Fsp3) is 0.105. The van der Waals surface area contributed by atoms with Crippen LogP contribution in [0.5, 0.6) is 0 Å². The van der Waals surface area contributed by atoms with Crippen LogP contribution in [0.1, 0.15) is 25.8 Å². The van der Waals surface area contributed by atoms with E-state index in [0.29, 0.717) is 17.8 Å². The Hall–Kier alpha value is -5.58. The number of nitriles is 1. The van der Waals surface area contributed by atoms with Crippen LogP contribution in [0.4, 0.5) is 17.1 Å². The van der Waals surface area contributed by atoms with Crippen molar-refractivity contribution >= 4 is 44.7 Å². The van der Waals surface area contributed by atoms with Gasteiger partial charge in [-0.1, -0.05) is 84.9 Å². The third-order valence-electron chi connectivity index (χ3n) is 7.44. The van der Waals surface area contributed by atoms with Crippen LogP contribution in [-0.4, -0.2) is 5.60 Å². The number of anilines is 3. The monoisotopic (exact) mass is 543 g/mol. The van der Waals surface area contributed by atoms with E-state index in [1.807, 2.05) is 32.1 Å². The van der Waals surface area contributed by atoms with E-state index in [1.165, 1.54) is 21.5 Å². The summed E-state index contributed by atoms with van der Waals surface area (Å²) in [4.78, 5) is 5.71. The minimum atomic E-state index is -0.501. The minimum absolute atomic E-state index is 0.115. The van der Waals surface area contributed by atoms with Gasteiger partial charge in [-0.2, -0.15) is 0 Å². The van der Waals surface area contributed by atoms with Crippen molar-refractivity contribution in [3.63, 3.8) is 0 Å². The molecule has 5 aromatic rings. The van der Waals surface area contributed by atoms with Crippen LogP contribution in [0.2, 0.25) is 0 Å². The van der Waals surface area contributed by atoms with E-state index < -0.39 is 5.60 Å². The fourth-order valence-electron chi connectivity index (χ4n) is 5.53. The third kappa shape index (κ3) is 5.39. The summed E-state index contributed by atoms with van der Waals surface area (Å²) in [6.45, 7) is 11.3. The molecule has 1 heterocycles. The molecule has 4 heteroatoms. The van der Waals surface area contributed by atoms with Gasteiger partial charge in [0.2, 0.25) is 0 Å². The van der Waals surface area contributed by atoms with Crippen LogP contribution in [0, 0.1) is 17.9 Å². The topological polar surface area (TPSA) is 40.6 Å². The molecular weight excluding hydrogens is 514 g/mol. The van der Waals surface area contributed by atoms with Crippen LogP contribution < -0.4 is 4.90 Å². The lowest BCUT2D eigenvalue weighted by Gasteiger charge is -2.32. The molecule has 4 nitrogen and oxygen atoms in total. The van der Waals surface area contributed by atoms with Crippen LogP contribution in [0.3, 0.4) is 0 Å². The maximum absolute atomic E-state index is 9.37. The molecule has 42 heavy (non-hydrogen) atoms. The zero-order chi connectivity index (χ0) is 29.1. The minimum Gasteiger partial charge on any atom is -0.488 e. The first kappa shape index (κ1) is 26.6. The largest absolute Gasteiger partial charge is 0.488 e. The molecule has 0 aliphatic carbocycles. The van der Waals surface area contributed by atoms with Gasteiger partial charge in [0.1, 0.15) is 11.4 Å². The van der Waals surface area contributed by atoms with E-state index in [9.17, 15) is 5.26 Å². The molecule has 0 atom stereocenters. The second kappa shape index (κ2) is 11.1. The molecule has 1 aliphatic heterocycles. The van der Waals surface area contributed by atoms with Gasteiger partial charge in [0.15, 0.2) is 0 Å². The molecule has 0 unspecified atom stereocenters. The second-order valence-corrected chi connectivity index (χ2v) is 11.0. The number of nitrogens with zero attached hydrogens (tertiary/aromatic N) is 3. The quantitative estimate of drug-likeness (QED) is 0.164. The highest BCUT2D eigenvalue weighted by molar-refractivity contribution is 6.00. The molecule has 202 valence electrons. The average molecular weight is 544 g/mol. The molecule has 0 N–H and O–H groups in total. The number of ether oxygens (including phenoxy) is 1. The first-order valence-corrected chi connectivity index (χ1v) is 13.9. The summed E-state index contributed by atoms with van der Waals surface area (Å²) in [5.74, 6) is 0.635. The summed E-state index contributed by atoms with van der Waals surface area (Å²) in [6, 6.07) is 40.4. The van der Waals surface area contributed by atoms with Gasteiger partial charge in [-0.15, -0.1) is 0 Å². The number of hydrogen-bond donors (Lipinski definition) is 0. The first-order valence-electron chi connectivity index (χ1n) is 13.9. The summed E-state index contributed by atoms with van der Waals surface area (Å²) in [6.07, 6.45) is 6.22. The SMILES string of the molecule is [C-]#[N+]C(C#N)=C1C=C(C=Cc2ccc(N(c3ccc4ccccc4c3)c3cccc4ccccc34)cc2)OC(C)(C)C1. The van der Waals surface area contributed by atoms with Crippen molar-refractivity contribution in [2.24, 2.45) is 0 Å². The summed E-state index contributed by atoms with van der Waals surface area (Å²) in [5.41, 5.74) is 4.59. The van der Waals surface area contributed by atoms with Crippen molar-refractivity contribution in [3.05, 3.63) is 155 Å². The van der Waals surface area contributed by atoms with E-state index >= 15 is 0 Å². The van der Waals surface area contributed by atoms with Gasteiger partial charge in [-0.3, -0.25) is 0 Å². The average Bonchev–Trinajstić information content (AvgIpc) is 3.01. The van der Waals surface area contributed by atoms with Crippen molar-refractivity contribution in [2.75, 3.05) is 4.90 Å². The van der Waals surface area contributed by atoms with Crippen molar-refractivity contribution in [1.29, 1.82) is 5.26 Å². The van der Waals surface area contributed by atoms with Gasteiger partial charge in [0, 0.05) is 23.2 Å². The molecule has 0 bridgehead atoms. The number of hydrogen-bond acceptors (Lipinski definition) is 3. The Bertz CT molecular complexity index is 1960. The van der Waals surface area contributed by atoms with Crippen LogP contribution in [-0.2, 0) is 4.74 Å². The normalized spacial score (nSPS) is 15.5. The number of allylic oxidation sites excluding steroid dienone is 3. The van der Waals surface area contributed by atoms with Gasteiger partial charge in [-0.25, -0.2) is 10.1 Å². The molecule has 0 aromatic heterocycles. The Morgan fingerprint density at radius 2 is 1.52 bits per heavy atom. The Balaban J connectivity index is 1.39. The van der Waals surface area contributed by atoms with Crippen LogP contribution >= 0.6 is 0 Å². The number of rotatable bonds is 5. The highest BCUT2D eigenvalue weighted by Gasteiger charge is 2.27. The maximum Gasteiger partial charge on any atom is 0.265 e. The van der Waals surface area contributed by atoms with Crippen molar-refractivity contribution in [3.8, 4) is 6.07 Å². The maximum atomic E-state index is 9.37. The molecule has 5 aromatic carbocycles. The third-order valence-corrected chi connectivity index (χ3v) is 7.44. The summed E-state index contributed by atoms with van der Waals surface area (Å²) in [7, 11) is 0. The molecule has 6 rings (SSSR count). The van der Waals surface area contributed by atoms with E-state index in [-0.39, 0.29) is 5.70 Å². The van der Waals surface area contributed by atoms with Crippen molar-refractivity contribution < 1.29 is 4.74 Å². The van der Waals surface area contributed by atoms with Gasteiger partial charge >= 0.3 is 0 Å². The Morgan fingerprint density at radius 1 is 0.833 bits per heavy atom. The number of fused-ring (bicyclic) bond motifs is 2. The van der Waals surface area contributed by atoms with Crippen LogP contribution in [0.25, 0.3) is 32.5 Å². The standard InChI is InChI=1S/C38H29N3O/c1-38(2)25-31(36(26-39)40-3)24-34(42-38)22-17-27-15-19-32(20-16-27)41(33-21-18-28-9-4-5-11-30(28)23-33)37-14-8-12-29-10-6-7-13-35(29)37/h4-24H,25H2,1-2H3. The van der Waals surface area contributed by atoms with Gasteiger partial charge in [-0.05, 0) is 83.6 Å². The van der Waals surface area contributed by atoms with E-state index in [0.717, 1.165) is 22.6 Å². The summed E-state index contributed by atoms with van der Waals surface area (Å²) in [5, 5.41) is 14.1. The van der Waals surface area contributed by atoms with E-state index in [1.54, 1.807) is 6.08 Å². The summed E-state index contributed by atoms with van der Waals surface area (Å²) >= 11 is 0. The number of benzene rings is 5. The molecule has 0 saturated heterocycles. The predicted molar refractivity (Wildman–Crippen MR) is 172 cm³/mol. The molecule has 0 amide bonds. The fourth-order valence-corrected chi connectivity index (χ4v) is 5.53. The molecular formula is C38H29N3O. The second-order valence-electron chi connectivity index (χ2n) is 11.0. The lowest BCUT2D eigenvalue weighted by atomic mass is 9.93. The summed E-state index contributed by atoms with van der Waals surface area (Å²) < 4.78 is 6.14. The Morgan fingerprint density at radius 3 is 2.29 bits per heavy atom. The lowest BCUT2D eigenvalue weighted by Crippen LogP contribution is -2.27. The highest BCUT2D eigenvalue weighted by Crippen LogP contribution is 2.40.